The number of halogens is 2. The number of aryl methyl sites for hydroxylation is 3. The molecule has 0 radical (unpaired) electrons. The standard InChI is InChI=1S/C15H15ClO.C14H13ClO/c1-12-11-14(7-8-15(12)16)17-10-9-13-5-3-2-4-6-13;15-13-8-9-14(16)12(10-13)7-6-11-4-2-1-3-5-11/h2-8,11H,9-10H2,1H3;1-5,8-10,16H,6-7H2. The highest BCUT2D eigenvalue weighted by molar-refractivity contribution is 6.31. The second kappa shape index (κ2) is 12.9. The summed E-state index contributed by atoms with van der Waals surface area (Å²) in [4.78, 5) is 0. The van der Waals surface area contributed by atoms with Gasteiger partial charge in [-0.2, -0.15) is 0 Å². The highest BCUT2D eigenvalue weighted by Gasteiger charge is 2.02. The third kappa shape index (κ3) is 8.49. The molecule has 0 aliphatic rings. The van der Waals surface area contributed by atoms with Crippen LogP contribution in [0.15, 0.2) is 97.1 Å². The maximum atomic E-state index is 9.65. The Labute approximate surface area is 206 Å². The molecule has 1 N–H and O–H groups in total. The van der Waals surface area contributed by atoms with Gasteiger partial charge in [0.15, 0.2) is 0 Å². The van der Waals surface area contributed by atoms with Crippen molar-refractivity contribution in [3.63, 3.8) is 0 Å². The fourth-order valence-electron chi connectivity index (χ4n) is 3.32. The first-order chi connectivity index (χ1) is 16.0. The average Bonchev–Trinajstić information content (AvgIpc) is 2.84. The first kappa shape index (κ1) is 24.7. The van der Waals surface area contributed by atoms with Crippen LogP contribution < -0.4 is 4.74 Å². The van der Waals surface area contributed by atoms with Crippen molar-refractivity contribution in [2.45, 2.75) is 26.2 Å². The highest BCUT2D eigenvalue weighted by atomic mass is 35.5. The van der Waals surface area contributed by atoms with Gasteiger partial charge in [0.2, 0.25) is 0 Å². The molecule has 2 nitrogen and oxygen atoms in total. The molecule has 33 heavy (non-hydrogen) atoms. The quantitative estimate of drug-likeness (QED) is 0.290. The third-order valence-electron chi connectivity index (χ3n) is 5.20. The largest absolute Gasteiger partial charge is 0.508 e. The van der Waals surface area contributed by atoms with E-state index < -0.39 is 0 Å². The monoisotopic (exact) mass is 478 g/mol. The van der Waals surface area contributed by atoms with E-state index in [2.05, 4.69) is 24.3 Å². The summed E-state index contributed by atoms with van der Waals surface area (Å²) in [7, 11) is 0. The maximum absolute atomic E-state index is 9.65. The summed E-state index contributed by atoms with van der Waals surface area (Å²) in [5.41, 5.74) is 4.50. The Morgan fingerprint density at radius 2 is 1.33 bits per heavy atom. The van der Waals surface area contributed by atoms with Crippen LogP contribution in [0.1, 0.15) is 22.3 Å². The molecule has 0 spiro atoms. The molecule has 0 aromatic heterocycles. The number of hydrogen-bond donors (Lipinski definition) is 1. The predicted molar refractivity (Wildman–Crippen MR) is 139 cm³/mol. The van der Waals surface area contributed by atoms with Gasteiger partial charge in [-0.3, -0.25) is 0 Å². The van der Waals surface area contributed by atoms with Crippen LogP contribution in [0, 0.1) is 6.92 Å². The molecular weight excluding hydrogens is 451 g/mol. The van der Waals surface area contributed by atoms with Crippen LogP contribution in [0.5, 0.6) is 11.5 Å². The molecule has 0 aliphatic carbocycles. The van der Waals surface area contributed by atoms with Gasteiger partial charge in [-0.25, -0.2) is 0 Å². The fourth-order valence-corrected chi connectivity index (χ4v) is 3.63. The van der Waals surface area contributed by atoms with Crippen molar-refractivity contribution >= 4 is 23.2 Å². The van der Waals surface area contributed by atoms with Crippen molar-refractivity contribution in [1.82, 2.24) is 0 Å². The van der Waals surface area contributed by atoms with Gasteiger partial charge >= 0.3 is 0 Å². The first-order valence-corrected chi connectivity index (χ1v) is 11.7. The molecule has 0 unspecified atom stereocenters. The lowest BCUT2D eigenvalue weighted by Gasteiger charge is -2.07. The highest BCUT2D eigenvalue weighted by Crippen LogP contribution is 2.23. The number of rotatable bonds is 7. The van der Waals surface area contributed by atoms with Crippen LogP contribution in [-0.4, -0.2) is 11.7 Å². The van der Waals surface area contributed by atoms with Crippen LogP contribution in [0.2, 0.25) is 10.0 Å². The van der Waals surface area contributed by atoms with E-state index in [-0.39, 0.29) is 0 Å². The molecule has 0 heterocycles. The SMILES string of the molecule is Cc1cc(OCCc2ccccc2)ccc1Cl.Oc1ccc(Cl)cc1CCc1ccccc1. The molecule has 4 aromatic rings. The Morgan fingerprint density at radius 1 is 0.697 bits per heavy atom. The number of benzene rings is 4. The normalized spacial score (nSPS) is 10.3. The molecule has 0 saturated heterocycles. The van der Waals surface area contributed by atoms with Crippen molar-refractivity contribution in [2.75, 3.05) is 6.61 Å². The summed E-state index contributed by atoms with van der Waals surface area (Å²) in [6.07, 6.45) is 2.63. The van der Waals surface area contributed by atoms with E-state index in [0.717, 1.165) is 41.2 Å². The van der Waals surface area contributed by atoms with Crippen LogP contribution in [0.3, 0.4) is 0 Å². The molecule has 170 valence electrons. The van der Waals surface area contributed by atoms with Gasteiger partial charge in [0.25, 0.3) is 0 Å². The number of phenols is 1. The Kier molecular flexibility index (Phi) is 9.68. The number of aromatic hydroxyl groups is 1. The average molecular weight is 479 g/mol. The number of hydrogen-bond acceptors (Lipinski definition) is 2. The van der Waals surface area contributed by atoms with Gasteiger partial charge in [0.05, 0.1) is 6.61 Å². The Hall–Kier alpha value is -2.94. The molecule has 0 atom stereocenters. The smallest absolute Gasteiger partial charge is 0.119 e. The van der Waals surface area contributed by atoms with Crippen molar-refractivity contribution in [3.05, 3.63) is 129 Å². The zero-order chi connectivity index (χ0) is 23.5. The Bertz CT molecular complexity index is 1130. The van der Waals surface area contributed by atoms with E-state index in [1.54, 1.807) is 12.1 Å². The molecule has 0 bridgehead atoms. The summed E-state index contributed by atoms with van der Waals surface area (Å²) in [5, 5.41) is 11.1. The molecule has 4 aromatic carbocycles. The van der Waals surface area contributed by atoms with E-state index in [1.165, 1.54) is 11.1 Å². The van der Waals surface area contributed by atoms with Crippen molar-refractivity contribution in [3.8, 4) is 11.5 Å². The van der Waals surface area contributed by atoms with Gasteiger partial charge in [-0.1, -0.05) is 83.9 Å². The van der Waals surface area contributed by atoms with Crippen LogP contribution in [-0.2, 0) is 19.3 Å². The van der Waals surface area contributed by atoms with Crippen LogP contribution >= 0.6 is 23.2 Å². The number of ether oxygens (including phenoxy) is 1. The minimum absolute atomic E-state index is 0.320. The van der Waals surface area contributed by atoms with Crippen LogP contribution in [0.25, 0.3) is 0 Å². The lowest BCUT2D eigenvalue weighted by atomic mass is 10.0. The molecule has 4 heteroatoms. The topological polar surface area (TPSA) is 29.5 Å². The lowest BCUT2D eigenvalue weighted by Crippen LogP contribution is -2.01. The minimum atomic E-state index is 0.320. The zero-order valence-electron chi connectivity index (χ0n) is 18.7. The lowest BCUT2D eigenvalue weighted by molar-refractivity contribution is 0.322. The fraction of sp³-hybridized carbons (Fsp3) is 0.172. The second-order valence-corrected chi connectivity index (χ2v) is 8.60. The molecule has 0 fully saturated rings. The Morgan fingerprint density at radius 3 is 1.97 bits per heavy atom. The summed E-state index contributed by atoms with van der Waals surface area (Å²) in [6.45, 7) is 2.66. The second-order valence-electron chi connectivity index (χ2n) is 7.75. The van der Waals surface area contributed by atoms with Gasteiger partial charge in [0, 0.05) is 16.5 Å². The summed E-state index contributed by atoms with van der Waals surface area (Å²) in [5.74, 6) is 1.20. The van der Waals surface area contributed by atoms with Crippen molar-refractivity contribution in [1.29, 1.82) is 0 Å². The summed E-state index contributed by atoms with van der Waals surface area (Å²) < 4.78 is 5.69. The minimum Gasteiger partial charge on any atom is -0.508 e. The molecular formula is C29H28Cl2O2. The van der Waals surface area contributed by atoms with Crippen molar-refractivity contribution < 1.29 is 9.84 Å². The van der Waals surface area contributed by atoms with Gasteiger partial charge in [-0.05, 0) is 78.4 Å². The first-order valence-electron chi connectivity index (χ1n) is 11.0. The van der Waals surface area contributed by atoms with E-state index in [4.69, 9.17) is 27.9 Å². The maximum Gasteiger partial charge on any atom is 0.119 e. The summed E-state index contributed by atoms with van der Waals surface area (Å²) in [6, 6.07) is 31.4. The number of phenolic OH excluding ortho intramolecular Hbond substituents is 1. The van der Waals surface area contributed by atoms with E-state index in [1.807, 2.05) is 67.6 Å². The van der Waals surface area contributed by atoms with Crippen molar-refractivity contribution in [2.24, 2.45) is 0 Å². The molecule has 4 rings (SSSR count). The summed E-state index contributed by atoms with van der Waals surface area (Å²) >= 11 is 11.8. The van der Waals surface area contributed by atoms with E-state index in [0.29, 0.717) is 17.4 Å². The molecule has 0 aliphatic heterocycles. The van der Waals surface area contributed by atoms with Crippen LogP contribution in [0.4, 0.5) is 0 Å². The van der Waals surface area contributed by atoms with Gasteiger partial charge in [-0.15, -0.1) is 0 Å². The zero-order valence-corrected chi connectivity index (χ0v) is 20.2. The third-order valence-corrected chi connectivity index (χ3v) is 5.86. The Balaban J connectivity index is 0.000000186. The molecule has 0 amide bonds. The predicted octanol–water partition coefficient (Wildman–Crippen LogP) is 8.10. The van der Waals surface area contributed by atoms with Gasteiger partial charge in [0.1, 0.15) is 11.5 Å². The van der Waals surface area contributed by atoms with E-state index in [9.17, 15) is 5.11 Å². The van der Waals surface area contributed by atoms with Gasteiger partial charge < -0.3 is 9.84 Å². The molecule has 0 saturated carbocycles. The van der Waals surface area contributed by atoms with E-state index >= 15 is 0 Å².